The number of halogens is 1. The number of aromatic nitrogens is 1. The van der Waals surface area contributed by atoms with Crippen molar-refractivity contribution in [2.24, 2.45) is 0 Å². The molecule has 0 radical (unpaired) electrons. The van der Waals surface area contributed by atoms with E-state index in [0.29, 0.717) is 17.9 Å². The Balaban J connectivity index is 2.27. The molecule has 0 aliphatic carbocycles. The van der Waals surface area contributed by atoms with E-state index in [1.807, 2.05) is 30.3 Å². The predicted octanol–water partition coefficient (Wildman–Crippen LogP) is 3.56. The summed E-state index contributed by atoms with van der Waals surface area (Å²) in [6, 6.07) is 11.2. The number of benzene rings is 1. The summed E-state index contributed by atoms with van der Waals surface area (Å²) in [7, 11) is 0. The van der Waals surface area contributed by atoms with Gasteiger partial charge < -0.3 is 5.32 Å². The summed E-state index contributed by atoms with van der Waals surface area (Å²) in [5, 5.41) is 13.9. The van der Waals surface area contributed by atoms with E-state index in [2.05, 4.69) is 10.3 Å². The van der Waals surface area contributed by atoms with Crippen molar-refractivity contribution in [1.29, 1.82) is 0 Å². The summed E-state index contributed by atoms with van der Waals surface area (Å²) in [5.41, 5.74) is 1.85. The Bertz CT molecular complexity index is 602. The van der Waals surface area contributed by atoms with Gasteiger partial charge in [-0.1, -0.05) is 41.9 Å². The molecule has 0 fully saturated rings. The molecule has 1 heterocycles. The first-order valence-corrected chi connectivity index (χ1v) is 6.05. The van der Waals surface area contributed by atoms with Crippen LogP contribution in [-0.4, -0.2) is 9.91 Å². The predicted molar refractivity (Wildman–Crippen MR) is 74.4 cm³/mol. The molecule has 0 unspecified atom stereocenters. The number of anilines is 1. The zero-order valence-electron chi connectivity index (χ0n) is 10.3. The van der Waals surface area contributed by atoms with Crippen molar-refractivity contribution in [1.82, 2.24) is 4.98 Å². The van der Waals surface area contributed by atoms with Crippen molar-refractivity contribution in [2.45, 2.75) is 13.5 Å². The first-order valence-electron chi connectivity index (χ1n) is 5.67. The summed E-state index contributed by atoms with van der Waals surface area (Å²) < 4.78 is 0. The number of nitrogens with zero attached hydrogens (tertiary/aromatic N) is 2. The number of hydrogen-bond acceptors (Lipinski definition) is 4. The average molecular weight is 278 g/mol. The fourth-order valence-electron chi connectivity index (χ4n) is 1.73. The summed E-state index contributed by atoms with van der Waals surface area (Å²) in [4.78, 5) is 14.4. The molecule has 6 heteroatoms. The van der Waals surface area contributed by atoms with Crippen LogP contribution >= 0.6 is 11.6 Å². The molecule has 0 spiro atoms. The van der Waals surface area contributed by atoms with Crippen LogP contribution in [0.4, 0.5) is 11.4 Å². The van der Waals surface area contributed by atoms with Crippen LogP contribution in [0.15, 0.2) is 36.4 Å². The molecule has 2 rings (SSSR count). The Morgan fingerprint density at radius 1 is 1.37 bits per heavy atom. The van der Waals surface area contributed by atoms with Crippen molar-refractivity contribution in [2.75, 3.05) is 5.32 Å². The Hall–Kier alpha value is -2.14. The van der Waals surface area contributed by atoms with Gasteiger partial charge in [0.05, 0.1) is 4.92 Å². The van der Waals surface area contributed by atoms with E-state index in [-0.39, 0.29) is 10.8 Å². The molecule has 98 valence electrons. The lowest BCUT2D eigenvalue weighted by molar-refractivity contribution is -0.384. The smallest absolute Gasteiger partial charge is 0.329 e. The standard InChI is InChI=1S/C13H12ClN3O2/c1-9-7-11(12(17(18)19)13(14)16-9)15-8-10-5-3-2-4-6-10/h2-7H,8H2,1H3,(H,15,16). The molecule has 2 aromatic rings. The summed E-state index contributed by atoms with van der Waals surface area (Å²) >= 11 is 5.82. The molecule has 0 saturated heterocycles. The monoisotopic (exact) mass is 277 g/mol. The van der Waals surface area contributed by atoms with Gasteiger partial charge in [0.25, 0.3) is 0 Å². The average Bonchev–Trinajstić information content (AvgIpc) is 2.36. The Morgan fingerprint density at radius 3 is 2.68 bits per heavy atom. The summed E-state index contributed by atoms with van der Waals surface area (Å²) in [6.45, 7) is 2.23. The number of hydrogen-bond donors (Lipinski definition) is 1. The third kappa shape index (κ3) is 3.20. The number of nitrogens with one attached hydrogen (secondary N) is 1. The second-order valence-electron chi connectivity index (χ2n) is 4.05. The maximum Gasteiger partial charge on any atom is 0.329 e. The van der Waals surface area contributed by atoms with Gasteiger partial charge >= 0.3 is 5.69 Å². The molecule has 0 saturated carbocycles. The molecule has 5 nitrogen and oxygen atoms in total. The topological polar surface area (TPSA) is 68.1 Å². The first kappa shape index (κ1) is 13.3. The summed E-state index contributed by atoms with van der Waals surface area (Å²) in [5.74, 6) is 0. The highest BCUT2D eigenvalue weighted by Crippen LogP contribution is 2.31. The zero-order chi connectivity index (χ0) is 13.8. The second-order valence-corrected chi connectivity index (χ2v) is 4.40. The van der Waals surface area contributed by atoms with E-state index in [4.69, 9.17) is 11.6 Å². The van der Waals surface area contributed by atoms with Crippen LogP contribution in [0, 0.1) is 17.0 Å². The molecule has 1 aromatic carbocycles. The highest BCUT2D eigenvalue weighted by molar-refractivity contribution is 6.32. The third-order valence-electron chi connectivity index (χ3n) is 2.59. The van der Waals surface area contributed by atoms with Crippen LogP contribution in [-0.2, 0) is 6.54 Å². The molecule has 0 amide bonds. The number of pyridine rings is 1. The van der Waals surface area contributed by atoms with E-state index in [1.54, 1.807) is 13.0 Å². The van der Waals surface area contributed by atoms with Crippen molar-refractivity contribution >= 4 is 23.0 Å². The van der Waals surface area contributed by atoms with Crippen LogP contribution in [0.25, 0.3) is 0 Å². The number of nitro groups is 1. The number of rotatable bonds is 4. The van der Waals surface area contributed by atoms with Crippen molar-refractivity contribution in [3.63, 3.8) is 0 Å². The minimum atomic E-state index is -0.526. The summed E-state index contributed by atoms with van der Waals surface area (Å²) in [6.07, 6.45) is 0. The van der Waals surface area contributed by atoms with Gasteiger partial charge in [-0.3, -0.25) is 10.1 Å². The van der Waals surface area contributed by atoms with Crippen molar-refractivity contribution in [3.05, 3.63) is 62.9 Å². The van der Waals surface area contributed by atoms with Gasteiger partial charge in [0, 0.05) is 12.2 Å². The SMILES string of the molecule is Cc1cc(NCc2ccccc2)c([N+](=O)[O-])c(Cl)n1. The third-order valence-corrected chi connectivity index (χ3v) is 2.85. The van der Waals surface area contributed by atoms with Crippen LogP contribution < -0.4 is 5.32 Å². The van der Waals surface area contributed by atoms with Gasteiger partial charge in [-0.25, -0.2) is 4.98 Å². The Kier molecular flexibility index (Phi) is 3.97. The lowest BCUT2D eigenvalue weighted by Gasteiger charge is -2.08. The maximum atomic E-state index is 11.0. The second kappa shape index (κ2) is 5.67. The Labute approximate surface area is 115 Å². The van der Waals surface area contributed by atoms with Crippen LogP contribution in [0.1, 0.15) is 11.3 Å². The van der Waals surface area contributed by atoms with Crippen molar-refractivity contribution < 1.29 is 4.92 Å². The Morgan fingerprint density at radius 2 is 2.05 bits per heavy atom. The van der Waals surface area contributed by atoms with E-state index in [9.17, 15) is 10.1 Å². The van der Waals surface area contributed by atoms with E-state index < -0.39 is 4.92 Å². The van der Waals surface area contributed by atoms with Crippen LogP contribution in [0.2, 0.25) is 5.15 Å². The normalized spacial score (nSPS) is 10.2. The van der Waals surface area contributed by atoms with Gasteiger partial charge in [0.15, 0.2) is 0 Å². The lowest BCUT2D eigenvalue weighted by Crippen LogP contribution is -2.04. The minimum Gasteiger partial charge on any atom is -0.375 e. The fraction of sp³-hybridized carbons (Fsp3) is 0.154. The molecule has 1 aromatic heterocycles. The van der Waals surface area contributed by atoms with Crippen LogP contribution in [0.5, 0.6) is 0 Å². The van der Waals surface area contributed by atoms with Gasteiger partial charge in [-0.2, -0.15) is 0 Å². The molecule has 0 aliphatic heterocycles. The van der Waals surface area contributed by atoms with Gasteiger partial charge in [0.1, 0.15) is 5.69 Å². The quantitative estimate of drug-likeness (QED) is 0.527. The van der Waals surface area contributed by atoms with Gasteiger partial charge in [-0.15, -0.1) is 0 Å². The first-order chi connectivity index (χ1) is 9.08. The lowest BCUT2D eigenvalue weighted by atomic mass is 10.2. The maximum absolute atomic E-state index is 11.0. The molecule has 0 aliphatic rings. The van der Waals surface area contributed by atoms with Gasteiger partial charge in [-0.05, 0) is 18.6 Å². The molecular formula is C13H12ClN3O2. The molecular weight excluding hydrogens is 266 g/mol. The highest BCUT2D eigenvalue weighted by Gasteiger charge is 2.20. The molecule has 0 bridgehead atoms. The fourth-order valence-corrected chi connectivity index (χ4v) is 2.03. The van der Waals surface area contributed by atoms with E-state index in [1.165, 1.54) is 0 Å². The van der Waals surface area contributed by atoms with E-state index in [0.717, 1.165) is 5.56 Å². The van der Waals surface area contributed by atoms with Crippen molar-refractivity contribution in [3.8, 4) is 0 Å². The molecule has 19 heavy (non-hydrogen) atoms. The zero-order valence-corrected chi connectivity index (χ0v) is 11.0. The largest absolute Gasteiger partial charge is 0.375 e. The highest BCUT2D eigenvalue weighted by atomic mass is 35.5. The molecule has 1 N–H and O–H groups in total. The van der Waals surface area contributed by atoms with Gasteiger partial charge in [0.2, 0.25) is 5.15 Å². The minimum absolute atomic E-state index is 0.0967. The van der Waals surface area contributed by atoms with E-state index >= 15 is 0 Å². The number of aryl methyl sites for hydroxylation is 1. The molecule has 0 atom stereocenters. The van der Waals surface area contributed by atoms with Crippen LogP contribution in [0.3, 0.4) is 0 Å².